The van der Waals surface area contributed by atoms with Crippen molar-refractivity contribution in [3.05, 3.63) is 29.1 Å². The number of hydrogen-bond donors (Lipinski definition) is 2. The van der Waals surface area contributed by atoms with Crippen LogP contribution in [0.5, 0.6) is 0 Å². The van der Waals surface area contributed by atoms with E-state index in [-0.39, 0.29) is 0 Å². The third-order valence-corrected chi connectivity index (χ3v) is 6.11. The third-order valence-electron chi connectivity index (χ3n) is 4.50. The highest BCUT2D eigenvalue weighted by Crippen LogP contribution is 2.09. The van der Waals surface area contributed by atoms with E-state index in [4.69, 9.17) is 5.73 Å². The van der Waals surface area contributed by atoms with Crippen LogP contribution in [0.1, 0.15) is 29.8 Å². The van der Waals surface area contributed by atoms with Gasteiger partial charge in [-0.05, 0) is 44.4 Å². The molecule has 3 N–H and O–H groups in total. The number of nitrogens with one attached hydrogen (secondary N) is 1. The number of hydrogen-bond acceptors (Lipinski definition) is 6. The summed E-state index contributed by atoms with van der Waals surface area (Å²) in [5, 5.41) is 3.43. The molecule has 136 valence electrons. The van der Waals surface area contributed by atoms with E-state index in [9.17, 15) is 8.42 Å². The molecule has 0 atom stereocenters. The van der Waals surface area contributed by atoms with Gasteiger partial charge in [-0.25, -0.2) is 8.42 Å². The van der Waals surface area contributed by atoms with Crippen molar-refractivity contribution in [3.8, 4) is 0 Å². The van der Waals surface area contributed by atoms with E-state index in [1.807, 2.05) is 0 Å². The highest BCUT2D eigenvalue weighted by molar-refractivity contribution is 7.91. The second kappa shape index (κ2) is 9.46. The van der Waals surface area contributed by atoms with Gasteiger partial charge in [0.2, 0.25) is 0 Å². The van der Waals surface area contributed by atoms with Gasteiger partial charge in [-0.15, -0.1) is 0 Å². The van der Waals surface area contributed by atoms with Gasteiger partial charge in [0.25, 0.3) is 0 Å². The Hall–Kier alpha value is -1.02. The highest BCUT2D eigenvalue weighted by Gasteiger charge is 2.20. The minimum atomic E-state index is -2.78. The molecular formula is C17H30N4O2S. The lowest BCUT2D eigenvalue weighted by Crippen LogP contribution is -2.43. The van der Waals surface area contributed by atoms with Crippen molar-refractivity contribution >= 4 is 9.84 Å². The molecule has 1 aromatic rings. The van der Waals surface area contributed by atoms with Crippen LogP contribution in [0.15, 0.2) is 12.1 Å². The molecule has 2 rings (SSSR count). The molecule has 6 nitrogen and oxygen atoms in total. The fourth-order valence-electron chi connectivity index (χ4n) is 2.85. The van der Waals surface area contributed by atoms with Crippen molar-refractivity contribution in [2.24, 2.45) is 5.73 Å². The quantitative estimate of drug-likeness (QED) is 0.628. The van der Waals surface area contributed by atoms with Gasteiger partial charge in [0.15, 0.2) is 9.84 Å². The molecule has 1 aromatic heterocycles. The van der Waals surface area contributed by atoms with Gasteiger partial charge in [0, 0.05) is 44.1 Å². The molecule has 0 spiro atoms. The number of aryl methyl sites for hydroxylation is 2. The summed E-state index contributed by atoms with van der Waals surface area (Å²) in [6.07, 6.45) is 3.12. The molecule has 0 bridgehead atoms. The molecule has 1 fully saturated rings. The van der Waals surface area contributed by atoms with E-state index in [0.29, 0.717) is 24.6 Å². The lowest BCUT2D eigenvalue weighted by atomic mass is 10.1. The summed E-state index contributed by atoms with van der Waals surface area (Å²) < 4.78 is 22.8. The van der Waals surface area contributed by atoms with E-state index in [2.05, 4.69) is 34.3 Å². The first kappa shape index (κ1) is 19.3. The van der Waals surface area contributed by atoms with Gasteiger partial charge in [-0.3, -0.25) is 4.98 Å². The van der Waals surface area contributed by atoms with Gasteiger partial charge in [-0.2, -0.15) is 0 Å². The SMILES string of the molecule is Cc1nc(CCCCN)ccc1CNCCN1CCS(=O)(=O)CC1. The monoisotopic (exact) mass is 354 g/mol. The maximum atomic E-state index is 11.4. The van der Waals surface area contributed by atoms with E-state index in [0.717, 1.165) is 56.8 Å². The number of nitrogens with zero attached hydrogens (tertiary/aromatic N) is 2. The Labute approximate surface area is 145 Å². The van der Waals surface area contributed by atoms with Crippen LogP contribution in [0.4, 0.5) is 0 Å². The van der Waals surface area contributed by atoms with E-state index in [1.165, 1.54) is 5.56 Å². The molecule has 0 aliphatic carbocycles. The Morgan fingerprint density at radius 2 is 2.00 bits per heavy atom. The summed E-state index contributed by atoms with van der Waals surface area (Å²) in [4.78, 5) is 6.88. The zero-order valence-corrected chi connectivity index (χ0v) is 15.4. The lowest BCUT2D eigenvalue weighted by Gasteiger charge is -2.26. The molecule has 1 aliphatic heterocycles. The van der Waals surface area contributed by atoms with Crippen molar-refractivity contribution in [1.82, 2.24) is 15.2 Å². The summed E-state index contributed by atoms with van der Waals surface area (Å²) in [5.74, 6) is 0.587. The minimum Gasteiger partial charge on any atom is -0.330 e. The highest BCUT2D eigenvalue weighted by atomic mass is 32.2. The molecule has 0 amide bonds. The number of unbranched alkanes of at least 4 members (excludes halogenated alkanes) is 1. The van der Waals surface area contributed by atoms with Gasteiger partial charge in [0.05, 0.1) is 11.5 Å². The summed E-state index contributed by atoms with van der Waals surface area (Å²) in [7, 11) is -2.78. The second-order valence-corrected chi connectivity index (χ2v) is 8.77. The minimum absolute atomic E-state index is 0.293. The van der Waals surface area contributed by atoms with Crippen LogP contribution >= 0.6 is 0 Å². The average molecular weight is 355 g/mol. The first-order chi connectivity index (χ1) is 11.5. The van der Waals surface area contributed by atoms with Crippen LogP contribution in [0.25, 0.3) is 0 Å². The van der Waals surface area contributed by atoms with E-state index >= 15 is 0 Å². The molecule has 0 unspecified atom stereocenters. The van der Waals surface area contributed by atoms with Gasteiger partial charge < -0.3 is 16.0 Å². The first-order valence-electron chi connectivity index (χ1n) is 8.79. The molecule has 0 saturated carbocycles. The summed E-state index contributed by atoms with van der Waals surface area (Å²) >= 11 is 0. The molecular weight excluding hydrogens is 324 g/mol. The zero-order chi connectivity index (χ0) is 17.4. The normalized spacial score (nSPS) is 17.9. The summed E-state index contributed by atoms with van der Waals surface area (Å²) in [6, 6.07) is 4.26. The fourth-order valence-corrected chi connectivity index (χ4v) is 4.13. The molecule has 1 aliphatic rings. The molecule has 0 radical (unpaired) electrons. The smallest absolute Gasteiger partial charge is 0.152 e. The Morgan fingerprint density at radius 3 is 2.67 bits per heavy atom. The van der Waals surface area contributed by atoms with Crippen molar-refractivity contribution in [3.63, 3.8) is 0 Å². The molecule has 2 heterocycles. The standard InChI is InChI=1S/C17H30N4O2S/c1-15-16(5-6-17(20-15)4-2-3-7-18)14-19-8-9-21-10-12-24(22,23)13-11-21/h5-6,19H,2-4,7-14,18H2,1H3. The number of nitrogens with two attached hydrogens (primary N) is 1. The number of pyridine rings is 1. The largest absolute Gasteiger partial charge is 0.330 e. The van der Waals surface area contributed by atoms with Crippen LogP contribution in [-0.2, 0) is 22.8 Å². The zero-order valence-electron chi connectivity index (χ0n) is 14.6. The van der Waals surface area contributed by atoms with Crippen LogP contribution in [0.3, 0.4) is 0 Å². The molecule has 1 saturated heterocycles. The second-order valence-electron chi connectivity index (χ2n) is 6.46. The van der Waals surface area contributed by atoms with Crippen molar-refractivity contribution in [1.29, 1.82) is 0 Å². The first-order valence-corrected chi connectivity index (χ1v) is 10.6. The predicted octanol–water partition coefficient (Wildman–Crippen LogP) is 0.491. The Balaban J connectivity index is 1.68. The Bertz CT molecular complexity index is 605. The maximum Gasteiger partial charge on any atom is 0.152 e. The predicted molar refractivity (Wildman–Crippen MR) is 97.8 cm³/mol. The van der Waals surface area contributed by atoms with Gasteiger partial charge in [-0.1, -0.05) is 6.07 Å². The average Bonchev–Trinajstić information content (AvgIpc) is 2.55. The van der Waals surface area contributed by atoms with Crippen LogP contribution in [0.2, 0.25) is 0 Å². The van der Waals surface area contributed by atoms with Crippen LogP contribution in [-0.4, -0.2) is 62.5 Å². The summed E-state index contributed by atoms with van der Waals surface area (Å²) in [5.41, 5.74) is 8.96. The van der Waals surface area contributed by atoms with Crippen LogP contribution < -0.4 is 11.1 Å². The summed E-state index contributed by atoms with van der Waals surface area (Å²) in [6.45, 7) is 6.65. The van der Waals surface area contributed by atoms with Crippen molar-refractivity contribution < 1.29 is 8.42 Å². The Morgan fingerprint density at radius 1 is 1.25 bits per heavy atom. The number of sulfone groups is 1. The van der Waals surface area contributed by atoms with Crippen molar-refractivity contribution in [2.75, 3.05) is 44.2 Å². The Kier molecular flexibility index (Phi) is 7.61. The number of rotatable bonds is 9. The van der Waals surface area contributed by atoms with Crippen LogP contribution in [0, 0.1) is 6.92 Å². The fraction of sp³-hybridized carbons (Fsp3) is 0.706. The van der Waals surface area contributed by atoms with E-state index in [1.54, 1.807) is 0 Å². The van der Waals surface area contributed by atoms with Gasteiger partial charge in [0.1, 0.15) is 0 Å². The molecule has 24 heavy (non-hydrogen) atoms. The topological polar surface area (TPSA) is 88.3 Å². The molecule has 7 heteroatoms. The maximum absolute atomic E-state index is 11.4. The third kappa shape index (κ3) is 6.47. The molecule has 0 aromatic carbocycles. The van der Waals surface area contributed by atoms with Gasteiger partial charge >= 0.3 is 0 Å². The van der Waals surface area contributed by atoms with Crippen molar-refractivity contribution in [2.45, 2.75) is 32.7 Å². The van der Waals surface area contributed by atoms with E-state index < -0.39 is 9.84 Å². The lowest BCUT2D eigenvalue weighted by molar-refractivity contribution is 0.294. The number of aromatic nitrogens is 1.